The van der Waals surface area contributed by atoms with Gasteiger partial charge in [-0.15, -0.1) is 0 Å². The smallest absolute Gasteiger partial charge is 0.405 e. The van der Waals surface area contributed by atoms with Gasteiger partial charge in [0.25, 0.3) is 0 Å². The summed E-state index contributed by atoms with van der Waals surface area (Å²) in [7, 11) is 1.56. The van der Waals surface area contributed by atoms with Gasteiger partial charge in [-0.1, -0.05) is 12.1 Å². The number of amides is 1. The fraction of sp³-hybridized carbons (Fsp3) is 0.632. The van der Waals surface area contributed by atoms with Crippen molar-refractivity contribution in [1.82, 2.24) is 15.5 Å². The minimum atomic E-state index is -4.38. The molecule has 1 saturated heterocycles. The number of rotatable bonds is 6. The van der Waals surface area contributed by atoms with E-state index in [0.717, 1.165) is 11.1 Å². The number of methoxy groups -OCH3 is 1. The normalized spacial score (nSPS) is 20.8. The van der Waals surface area contributed by atoms with E-state index in [2.05, 4.69) is 10.6 Å². The van der Waals surface area contributed by atoms with Crippen molar-refractivity contribution < 1.29 is 22.7 Å². The van der Waals surface area contributed by atoms with E-state index < -0.39 is 24.2 Å². The van der Waals surface area contributed by atoms with Gasteiger partial charge in [0.15, 0.2) is 0 Å². The summed E-state index contributed by atoms with van der Waals surface area (Å²) in [5.41, 5.74) is 1.02. The quantitative estimate of drug-likeness (QED) is 0.787. The van der Waals surface area contributed by atoms with Crippen molar-refractivity contribution in [1.29, 1.82) is 0 Å². The lowest BCUT2D eigenvalue weighted by molar-refractivity contribution is -0.184. The van der Waals surface area contributed by atoms with Crippen molar-refractivity contribution in [2.75, 3.05) is 39.8 Å². The van der Waals surface area contributed by atoms with E-state index in [9.17, 15) is 18.0 Å². The number of ether oxygens (including phenoxy) is 1. The third kappa shape index (κ3) is 4.21. The highest BCUT2D eigenvalue weighted by molar-refractivity contribution is 5.91. The van der Waals surface area contributed by atoms with Crippen LogP contribution in [0.2, 0.25) is 0 Å². The third-order valence-electron chi connectivity index (χ3n) is 5.57. The van der Waals surface area contributed by atoms with Gasteiger partial charge >= 0.3 is 6.18 Å². The Labute approximate surface area is 157 Å². The standard InChI is InChI=1S/C19H26F3N3O2/c1-13-3-4-14(11-15(13)27-2)18(5-6-18)17(26)24-12-16(19(20,21)22)25-9-7-23-8-10-25/h3-4,11,16,23H,5-10,12H2,1-2H3,(H,24,26). The Morgan fingerprint density at radius 2 is 2.00 bits per heavy atom. The summed E-state index contributed by atoms with van der Waals surface area (Å²) >= 11 is 0. The topological polar surface area (TPSA) is 53.6 Å². The Morgan fingerprint density at radius 1 is 1.33 bits per heavy atom. The Hall–Kier alpha value is -1.80. The second-order valence-electron chi connectivity index (χ2n) is 7.32. The fourth-order valence-electron chi connectivity index (χ4n) is 3.69. The summed E-state index contributed by atoms with van der Waals surface area (Å²) in [5, 5.41) is 5.63. The van der Waals surface area contributed by atoms with Gasteiger partial charge in [0, 0.05) is 32.7 Å². The van der Waals surface area contributed by atoms with Crippen LogP contribution in [0.4, 0.5) is 13.2 Å². The average Bonchev–Trinajstić information content (AvgIpc) is 3.44. The second kappa shape index (κ2) is 7.67. The van der Waals surface area contributed by atoms with Crippen molar-refractivity contribution in [2.45, 2.75) is 37.4 Å². The number of nitrogens with zero attached hydrogens (tertiary/aromatic N) is 1. The maximum atomic E-state index is 13.5. The van der Waals surface area contributed by atoms with Crippen LogP contribution in [0.3, 0.4) is 0 Å². The lowest BCUT2D eigenvalue weighted by Crippen LogP contribution is -2.58. The molecule has 1 aromatic rings. The van der Waals surface area contributed by atoms with Crippen LogP contribution in [-0.4, -0.2) is 62.9 Å². The van der Waals surface area contributed by atoms with Crippen molar-refractivity contribution in [3.63, 3.8) is 0 Å². The molecule has 1 unspecified atom stereocenters. The molecule has 1 atom stereocenters. The minimum absolute atomic E-state index is 0.320. The first-order valence-electron chi connectivity index (χ1n) is 9.23. The fourth-order valence-corrected chi connectivity index (χ4v) is 3.69. The molecule has 0 radical (unpaired) electrons. The summed E-state index contributed by atoms with van der Waals surface area (Å²) in [6.07, 6.45) is -3.11. The van der Waals surface area contributed by atoms with Crippen LogP contribution < -0.4 is 15.4 Å². The molecule has 1 aliphatic heterocycles. The van der Waals surface area contributed by atoms with Crippen molar-refractivity contribution >= 4 is 5.91 Å². The number of carbonyl (C=O) groups is 1. The summed E-state index contributed by atoms with van der Waals surface area (Å²) in [6.45, 7) is 3.17. The molecule has 0 aromatic heterocycles. The van der Waals surface area contributed by atoms with E-state index in [4.69, 9.17) is 4.74 Å². The largest absolute Gasteiger partial charge is 0.496 e. The van der Waals surface area contributed by atoms with Gasteiger partial charge in [-0.05, 0) is 37.0 Å². The van der Waals surface area contributed by atoms with Gasteiger partial charge in [-0.3, -0.25) is 9.69 Å². The minimum Gasteiger partial charge on any atom is -0.496 e. The van der Waals surface area contributed by atoms with E-state index in [1.54, 1.807) is 7.11 Å². The number of hydrogen-bond acceptors (Lipinski definition) is 4. The van der Waals surface area contributed by atoms with Crippen LogP contribution in [0.15, 0.2) is 18.2 Å². The first-order chi connectivity index (χ1) is 12.8. The van der Waals surface area contributed by atoms with Gasteiger partial charge in [0.1, 0.15) is 11.8 Å². The molecule has 2 N–H and O–H groups in total. The van der Waals surface area contributed by atoms with E-state index in [-0.39, 0.29) is 5.91 Å². The SMILES string of the molecule is COc1cc(C2(C(=O)NCC(N3CCNCC3)C(F)(F)F)CC2)ccc1C. The summed E-state index contributed by atoms with van der Waals surface area (Å²) in [6, 6.07) is 3.90. The lowest BCUT2D eigenvalue weighted by atomic mass is 9.93. The van der Waals surface area contributed by atoms with E-state index >= 15 is 0 Å². The van der Waals surface area contributed by atoms with Crippen LogP contribution in [0.1, 0.15) is 24.0 Å². The molecular weight excluding hydrogens is 359 g/mol. The summed E-state index contributed by atoms with van der Waals surface area (Å²) in [5.74, 6) is 0.346. The van der Waals surface area contributed by atoms with Gasteiger partial charge in [0.2, 0.25) is 5.91 Å². The summed E-state index contributed by atoms with van der Waals surface area (Å²) < 4.78 is 45.8. The molecule has 0 spiro atoms. The molecule has 2 aliphatic rings. The maximum Gasteiger partial charge on any atom is 0.405 e. The number of nitrogens with one attached hydrogen (secondary N) is 2. The number of carbonyl (C=O) groups excluding carboxylic acids is 1. The second-order valence-corrected chi connectivity index (χ2v) is 7.32. The predicted molar refractivity (Wildman–Crippen MR) is 95.9 cm³/mol. The first kappa shape index (κ1) is 19.9. The number of benzene rings is 1. The molecule has 1 aromatic carbocycles. The Kier molecular flexibility index (Phi) is 5.67. The number of hydrogen-bond donors (Lipinski definition) is 2. The Balaban J connectivity index is 1.70. The lowest BCUT2D eigenvalue weighted by Gasteiger charge is -2.36. The number of alkyl halides is 3. The highest BCUT2D eigenvalue weighted by Gasteiger charge is 2.52. The molecular formula is C19H26F3N3O2. The van der Waals surface area contributed by atoms with Crippen LogP contribution >= 0.6 is 0 Å². The Bertz CT molecular complexity index is 683. The highest BCUT2D eigenvalue weighted by atomic mass is 19.4. The van der Waals surface area contributed by atoms with Gasteiger partial charge < -0.3 is 15.4 Å². The van der Waals surface area contributed by atoms with Crippen LogP contribution in [0, 0.1) is 6.92 Å². The Morgan fingerprint density at radius 3 is 2.56 bits per heavy atom. The molecule has 3 rings (SSSR count). The molecule has 1 saturated carbocycles. The number of halogens is 3. The zero-order valence-corrected chi connectivity index (χ0v) is 15.7. The first-order valence-corrected chi connectivity index (χ1v) is 9.23. The third-order valence-corrected chi connectivity index (χ3v) is 5.57. The molecule has 1 heterocycles. The van der Waals surface area contributed by atoms with Crippen molar-refractivity contribution in [3.8, 4) is 5.75 Å². The molecule has 150 valence electrons. The average molecular weight is 385 g/mol. The molecule has 27 heavy (non-hydrogen) atoms. The highest BCUT2D eigenvalue weighted by Crippen LogP contribution is 2.49. The van der Waals surface area contributed by atoms with E-state index in [1.807, 2.05) is 25.1 Å². The van der Waals surface area contributed by atoms with Crippen LogP contribution in [0.5, 0.6) is 5.75 Å². The molecule has 5 nitrogen and oxygen atoms in total. The zero-order valence-electron chi connectivity index (χ0n) is 15.7. The van der Waals surface area contributed by atoms with Gasteiger partial charge in [-0.25, -0.2) is 0 Å². The number of aryl methyl sites for hydroxylation is 1. The molecule has 8 heteroatoms. The molecule has 2 fully saturated rings. The molecule has 0 bridgehead atoms. The van der Waals surface area contributed by atoms with Crippen molar-refractivity contribution in [2.24, 2.45) is 0 Å². The monoisotopic (exact) mass is 385 g/mol. The molecule has 1 amide bonds. The molecule has 1 aliphatic carbocycles. The van der Waals surface area contributed by atoms with Crippen LogP contribution in [0.25, 0.3) is 0 Å². The van der Waals surface area contributed by atoms with E-state index in [1.165, 1.54) is 4.90 Å². The maximum absolute atomic E-state index is 13.5. The summed E-state index contributed by atoms with van der Waals surface area (Å²) in [4.78, 5) is 14.2. The zero-order chi connectivity index (χ0) is 19.7. The van der Waals surface area contributed by atoms with E-state index in [0.29, 0.717) is 44.8 Å². The van der Waals surface area contributed by atoms with Gasteiger partial charge in [-0.2, -0.15) is 13.2 Å². The van der Waals surface area contributed by atoms with Gasteiger partial charge in [0.05, 0.1) is 12.5 Å². The number of piperazine rings is 1. The van der Waals surface area contributed by atoms with Crippen molar-refractivity contribution in [3.05, 3.63) is 29.3 Å². The predicted octanol–water partition coefficient (Wildman–Crippen LogP) is 1.99. The van der Waals surface area contributed by atoms with Crippen LogP contribution in [-0.2, 0) is 10.2 Å².